The van der Waals surface area contributed by atoms with Crippen molar-refractivity contribution in [3.63, 3.8) is 0 Å². The molecule has 0 unspecified atom stereocenters. The van der Waals surface area contributed by atoms with Gasteiger partial charge in [-0.2, -0.15) is 0 Å². The fourth-order valence-corrected chi connectivity index (χ4v) is 1.56. The highest BCUT2D eigenvalue weighted by molar-refractivity contribution is 5.85. The predicted octanol–water partition coefficient (Wildman–Crippen LogP) is 3.25. The number of benzene rings is 2. The molecule has 0 aliphatic carbocycles. The fraction of sp³-hybridized carbons (Fsp3) is 0. The van der Waals surface area contributed by atoms with Crippen LogP contribution in [0, 0.1) is 6.07 Å². The Bertz CT molecular complexity index is 542. The van der Waals surface area contributed by atoms with E-state index in [2.05, 4.69) is 6.07 Å². The van der Waals surface area contributed by atoms with Gasteiger partial charge in [0.15, 0.2) is 0 Å². The smallest absolute Gasteiger partial charge is 0.328 e. The Hall–Kier alpha value is -2.35. The first-order valence-corrected chi connectivity index (χ1v) is 5.23. The second-order valence-electron chi connectivity index (χ2n) is 3.59. The van der Waals surface area contributed by atoms with Crippen molar-refractivity contribution in [1.29, 1.82) is 0 Å². The van der Waals surface area contributed by atoms with Gasteiger partial charge in [0.05, 0.1) is 0 Å². The van der Waals surface area contributed by atoms with E-state index in [0.29, 0.717) is 0 Å². The Balaban J connectivity index is 2.32. The van der Waals surface area contributed by atoms with Gasteiger partial charge in [0.2, 0.25) is 0 Å². The van der Waals surface area contributed by atoms with Gasteiger partial charge in [0.1, 0.15) is 0 Å². The molecule has 2 nitrogen and oxygen atoms in total. The van der Waals surface area contributed by atoms with Crippen LogP contribution in [0.1, 0.15) is 5.56 Å². The van der Waals surface area contributed by atoms with Crippen molar-refractivity contribution in [2.45, 2.75) is 0 Å². The third-order valence-electron chi connectivity index (χ3n) is 2.35. The summed E-state index contributed by atoms with van der Waals surface area (Å²) in [6, 6.07) is 18.4. The molecule has 17 heavy (non-hydrogen) atoms. The lowest BCUT2D eigenvalue weighted by atomic mass is 10.0. The Labute approximate surface area is 99.8 Å². The molecule has 1 radical (unpaired) electrons. The van der Waals surface area contributed by atoms with Gasteiger partial charge < -0.3 is 5.11 Å². The number of carboxylic acids is 1. The summed E-state index contributed by atoms with van der Waals surface area (Å²) in [5.74, 6) is -0.941. The van der Waals surface area contributed by atoms with Gasteiger partial charge in [-0.15, -0.1) is 0 Å². The number of carboxylic acid groups (broad SMARTS) is 1. The predicted molar refractivity (Wildman–Crippen MR) is 67.4 cm³/mol. The summed E-state index contributed by atoms with van der Waals surface area (Å²) in [6.07, 6.45) is 2.72. The molecule has 0 amide bonds. The molecule has 0 aromatic heterocycles. The molecule has 0 saturated heterocycles. The topological polar surface area (TPSA) is 37.3 Å². The highest BCUT2D eigenvalue weighted by Crippen LogP contribution is 2.20. The van der Waals surface area contributed by atoms with E-state index in [1.807, 2.05) is 48.5 Å². The normalized spacial score (nSPS) is 10.6. The minimum absolute atomic E-state index is 0.869. The monoisotopic (exact) mass is 223 g/mol. The van der Waals surface area contributed by atoms with Crippen molar-refractivity contribution in [1.82, 2.24) is 0 Å². The second kappa shape index (κ2) is 5.12. The summed E-state index contributed by atoms with van der Waals surface area (Å²) in [7, 11) is 0. The molecule has 0 aliphatic heterocycles. The quantitative estimate of drug-likeness (QED) is 0.811. The molecule has 0 bridgehead atoms. The Morgan fingerprint density at radius 3 is 2.71 bits per heavy atom. The van der Waals surface area contributed by atoms with Crippen LogP contribution in [0.5, 0.6) is 0 Å². The van der Waals surface area contributed by atoms with Gasteiger partial charge in [-0.25, -0.2) is 4.79 Å². The summed E-state index contributed by atoms with van der Waals surface area (Å²) < 4.78 is 0. The van der Waals surface area contributed by atoms with Crippen LogP contribution < -0.4 is 0 Å². The number of aliphatic carboxylic acids is 1. The molecule has 0 saturated carbocycles. The first-order valence-electron chi connectivity index (χ1n) is 5.23. The molecule has 2 heteroatoms. The van der Waals surface area contributed by atoms with Crippen molar-refractivity contribution < 1.29 is 9.90 Å². The van der Waals surface area contributed by atoms with E-state index in [-0.39, 0.29) is 0 Å². The van der Waals surface area contributed by atoms with Gasteiger partial charge in [-0.05, 0) is 41.0 Å². The van der Waals surface area contributed by atoms with Gasteiger partial charge in [0, 0.05) is 6.08 Å². The van der Waals surface area contributed by atoms with E-state index < -0.39 is 5.97 Å². The second-order valence-corrected chi connectivity index (χ2v) is 3.59. The molecule has 83 valence electrons. The van der Waals surface area contributed by atoms with E-state index >= 15 is 0 Å². The van der Waals surface area contributed by atoms with E-state index in [1.54, 1.807) is 6.08 Å². The zero-order valence-electron chi connectivity index (χ0n) is 9.13. The molecule has 2 aromatic carbocycles. The van der Waals surface area contributed by atoms with Crippen LogP contribution in [-0.4, -0.2) is 11.1 Å². The zero-order valence-corrected chi connectivity index (χ0v) is 9.13. The molecule has 0 spiro atoms. The number of carbonyl (C=O) groups is 1. The Kier molecular flexibility index (Phi) is 3.36. The van der Waals surface area contributed by atoms with Crippen molar-refractivity contribution in [2.75, 3.05) is 0 Å². The third-order valence-corrected chi connectivity index (χ3v) is 2.35. The molecule has 0 fully saturated rings. The van der Waals surface area contributed by atoms with Crippen molar-refractivity contribution in [3.05, 3.63) is 66.2 Å². The van der Waals surface area contributed by atoms with Gasteiger partial charge >= 0.3 is 5.97 Å². The third kappa shape index (κ3) is 3.05. The van der Waals surface area contributed by atoms with Crippen LogP contribution in [0.15, 0.2) is 54.6 Å². The first kappa shape index (κ1) is 11.1. The molecule has 2 aromatic rings. The molecule has 0 heterocycles. The van der Waals surface area contributed by atoms with E-state index in [9.17, 15) is 4.79 Å². The molecule has 0 atom stereocenters. The lowest BCUT2D eigenvalue weighted by Gasteiger charge is -2.02. The maximum absolute atomic E-state index is 10.4. The molecule has 2 rings (SSSR count). The number of hydrogen-bond acceptors (Lipinski definition) is 1. The summed E-state index contributed by atoms with van der Waals surface area (Å²) in [5.41, 5.74) is 2.99. The van der Waals surface area contributed by atoms with Crippen LogP contribution in [0.4, 0.5) is 0 Å². The minimum Gasteiger partial charge on any atom is -0.478 e. The average molecular weight is 223 g/mol. The zero-order chi connectivity index (χ0) is 12.1. The molecule has 0 aliphatic rings. The van der Waals surface area contributed by atoms with E-state index in [1.165, 1.54) is 0 Å². The van der Waals surface area contributed by atoms with Gasteiger partial charge in [0.25, 0.3) is 0 Å². The van der Waals surface area contributed by atoms with E-state index in [4.69, 9.17) is 5.11 Å². The van der Waals surface area contributed by atoms with E-state index in [0.717, 1.165) is 22.8 Å². The summed E-state index contributed by atoms with van der Waals surface area (Å²) in [6.45, 7) is 0. The maximum Gasteiger partial charge on any atom is 0.328 e. The molecular weight excluding hydrogens is 212 g/mol. The minimum atomic E-state index is -0.941. The van der Waals surface area contributed by atoms with Gasteiger partial charge in [-0.3, -0.25) is 0 Å². The lowest BCUT2D eigenvalue weighted by Crippen LogP contribution is -1.86. The maximum atomic E-state index is 10.4. The highest BCUT2D eigenvalue weighted by Gasteiger charge is 1.97. The van der Waals surface area contributed by atoms with Crippen molar-refractivity contribution >= 4 is 12.0 Å². The van der Waals surface area contributed by atoms with Crippen molar-refractivity contribution in [2.24, 2.45) is 0 Å². The standard InChI is InChI=1S/C15H11O2/c16-15(17)10-9-12-5-4-8-14(11-12)13-6-2-1-3-7-13/h1-2,4-11H,(H,16,17). The fourth-order valence-electron chi connectivity index (χ4n) is 1.56. The van der Waals surface area contributed by atoms with Crippen LogP contribution in [0.25, 0.3) is 17.2 Å². The Morgan fingerprint density at radius 2 is 2.00 bits per heavy atom. The first-order chi connectivity index (χ1) is 8.25. The summed E-state index contributed by atoms with van der Waals surface area (Å²) in [5, 5.41) is 8.57. The van der Waals surface area contributed by atoms with Crippen LogP contribution in [0.3, 0.4) is 0 Å². The van der Waals surface area contributed by atoms with Crippen LogP contribution in [0.2, 0.25) is 0 Å². The largest absolute Gasteiger partial charge is 0.478 e. The lowest BCUT2D eigenvalue weighted by molar-refractivity contribution is -0.131. The molecular formula is C15H11O2. The Morgan fingerprint density at radius 1 is 1.18 bits per heavy atom. The van der Waals surface area contributed by atoms with Crippen LogP contribution in [-0.2, 0) is 4.79 Å². The summed E-state index contributed by atoms with van der Waals surface area (Å²) >= 11 is 0. The molecule has 1 N–H and O–H groups in total. The average Bonchev–Trinajstić information content (AvgIpc) is 2.38. The SMILES string of the molecule is O=C(O)C=Cc1cccc(-c2c[c]ccc2)c1. The summed E-state index contributed by atoms with van der Waals surface area (Å²) in [4.78, 5) is 10.4. The van der Waals surface area contributed by atoms with Crippen LogP contribution >= 0.6 is 0 Å². The van der Waals surface area contributed by atoms with Crippen molar-refractivity contribution in [3.8, 4) is 11.1 Å². The number of rotatable bonds is 3. The highest BCUT2D eigenvalue weighted by atomic mass is 16.4. The number of hydrogen-bond donors (Lipinski definition) is 1. The van der Waals surface area contributed by atoms with Gasteiger partial charge in [-0.1, -0.05) is 36.4 Å².